The quantitative estimate of drug-likeness (QED) is 0.547. The minimum absolute atomic E-state index is 0. The molecule has 5 heteroatoms. The lowest BCUT2D eigenvalue weighted by atomic mass is 10.6. The van der Waals surface area contributed by atoms with Crippen molar-refractivity contribution in [1.29, 1.82) is 0 Å². The van der Waals surface area contributed by atoms with E-state index in [0.29, 0.717) is 5.75 Å². The summed E-state index contributed by atoms with van der Waals surface area (Å²) in [6.07, 6.45) is 0. The Balaban J connectivity index is 0.000000810. The summed E-state index contributed by atoms with van der Waals surface area (Å²) in [4.78, 5) is 16.2. The number of amides is 1. The van der Waals surface area contributed by atoms with Crippen molar-refractivity contribution in [2.24, 2.45) is 4.99 Å². The number of rotatable bonds is 0. The lowest BCUT2D eigenvalue weighted by Gasteiger charge is -2.05. The Bertz CT molecular complexity index is 171. The van der Waals surface area contributed by atoms with Crippen LogP contribution in [0.15, 0.2) is 4.99 Å². The highest BCUT2D eigenvalue weighted by atomic mass is 35.5. The molecule has 1 heterocycles. The normalized spacial score (nSPS) is 21.6. The summed E-state index contributed by atoms with van der Waals surface area (Å²) >= 11 is 1.48. The van der Waals surface area contributed by atoms with Crippen LogP contribution in [0.5, 0.6) is 0 Å². The molecule has 1 aliphatic heterocycles. The van der Waals surface area contributed by atoms with E-state index in [0.717, 1.165) is 5.17 Å². The fourth-order valence-electron chi connectivity index (χ4n) is 0.641. The zero-order valence-electron chi connectivity index (χ0n) is 5.83. The minimum Gasteiger partial charge on any atom is -0.294 e. The number of halogens is 1. The molecule has 1 saturated heterocycles. The second-order valence-electron chi connectivity index (χ2n) is 1.75. The molecule has 58 valence electrons. The Kier molecular flexibility index (Phi) is 3.75. The van der Waals surface area contributed by atoms with Crippen LogP contribution in [0.2, 0.25) is 0 Å². The number of hydrogen-bond acceptors (Lipinski definition) is 3. The summed E-state index contributed by atoms with van der Waals surface area (Å²) in [6.45, 7) is 0. The molecule has 0 aromatic rings. The van der Waals surface area contributed by atoms with Crippen molar-refractivity contribution in [2.75, 3.05) is 19.8 Å². The molecule has 0 N–H and O–H groups in total. The van der Waals surface area contributed by atoms with Gasteiger partial charge < -0.3 is 0 Å². The van der Waals surface area contributed by atoms with Crippen molar-refractivity contribution in [2.45, 2.75) is 0 Å². The van der Waals surface area contributed by atoms with Gasteiger partial charge in [-0.05, 0) is 0 Å². The fraction of sp³-hybridized carbons (Fsp3) is 0.600. The van der Waals surface area contributed by atoms with Crippen LogP contribution in [0.4, 0.5) is 0 Å². The molecule has 0 saturated carbocycles. The van der Waals surface area contributed by atoms with Gasteiger partial charge in [0.25, 0.3) is 0 Å². The van der Waals surface area contributed by atoms with Gasteiger partial charge in [-0.25, -0.2) is 0 Å². The van der Waals surface area contributed by atoms with Crippen LogP contribution in [0.1, 0.15) is 0 Å². The summed E-state index contributed by atoms with van der Waals surface area (Å²) in [5, 5.41) is 0.819. The number of carbonyl (C=O) groups is 1. The summed E-state index contributed by atoms with van der Waals surface area (Å²) in [6, 6.07) is 0. The first-order valence-corrected chi connectivity index (χ1v) is 3.60. The van der Waals surface area contributed by atoms with E-state index < -0.39 is 0 Å². The SMILES string of the molecule is CN=C1SCC(=O)N1C.Cl. The number of nitrogens with zero attached hydrogens (tertiary/aromatic N) is 2. The molecule has 1 rings (SSSR count). The lowest BCUT2D eigenvalue weighted by molar-refractivity contribution is -0.123. The van der Waals surface area contributed by atoms with Crippen molar-refractivity contribution in [3.05, 3.63) is 0 Å². The molecule has 1 fully saturated rings. The number of thioether (sulfide) groups is 1. The molecule has 0 atom stereocenters. The number of amidine groups is 1. The second-order valence-corrected chi connectivity index (χ2v) is 2.69. The van der Waals surface area contributed by atoms with E-state index in [-0.39, 0.29) is 18.3 Å². The van der Waals surface area contributed by atoms with Crippen LogP contribution in [0.25, 0.3) is 0 Å². The highest BCUT2D eigenvalue weighted by Crippen LogP contribution is 2.16. The summed E-state index contributed by atoms with van der Waals surface area (Å²) in [5.41, 5.74) is 0. The molecule has 0 spiro atoms. The zero-order valence-corrected chi connectivity index (χ0v) is 7.46. The molecule has 0 aliphatic carbocycles. The first kappa shape index (κ1) is 9.78. The lowest BCUT2D eigenvalue weighted by Crippen LogP contribution is -2.24. The Morgan fingerprint density at radius 3 is 2.50 bits per heavy atom. The molecule has 0 unspecified atom stereocenters. The van der Waals surface area contributed by atoms with Gasteiger partial charge in [0, 0.05) is 14.1 Å². The van der Waals surface area contributed by atoms with Crippen LogP contribution >= 0.6 is 24.2 Å². The van der Waals surface area contributed by atoms with Gasteiger partial charge in [0.1, 0.15) is 0 Å². The van der Waals surface area contributed by atoms with Crippen molar-refractivity contribution in [3.63, 3.8) is 0 Å². The fourth-order valence-corrected chi connectivity index (χ4v) is 1.51. The molecule has 10 heavy (non-hydrogen) atoms. The van der Waals surface area contributed by atoms with E-state index in [9.17, 15) is 4.79 Å². The largest absolute Gasteiger partial charge is 0.294 e. The summed E-state index contributed by atoms with van der Waals surface area (Å²) in [7, 11) is 3.43. The van der Waals surface area contributed by atoms with Crippen LogP contribution in [-0.4, -0.2) is 35.8 Å². The minimum atomic E-state index is 0. The molecule has 0 aromatic carbocycles. The standard InChI is InChI=1S/C5H8N2OS.ClH/c1-6-5-7(2)4(8)3-9-5;/h3H2,1-2H3;1H. The van der Waals surface area contributed by atoms with E-state index in [1.54, 1.807) is 19.0 Å². The highest BCUT2D eigenvalue weighted by molar-refractivity contribution is 8.15. The summed E-state index contributed by atoms with van der Waals surface area (Å²) in [5.74, 6) is 0.684. The van der Waals surface area contributed by atoms with Gasteiger partial charge in [-0.15, -0.1) is 12.4 Å². The third-order valence-electron chi connectivity index (χ3n) is 1.18. The maximum absolute atomic E-state index is 10.8. The molecule has 0 radical (unpaired) electrons. The first-order valence-electron chi connectivity index (χ1n) is 2.62. The Hall–Kier alpha value is -0.220. The third kappa shape index (κ3) is 1.64. The van der Waals surface area contributed by atoms with E-state index in [4.69, 9.17) is 0 Å². The third-order valence-corrected chi connectivity index (χ3v) is 2.28. The molecule has 0 bridgehead atoms. The van der Waals surface area contributed by atoms with Crippen molar-refractivity contribution in [3.8, 4) is 0 Å². The molecule has 1 aliphatic rings. The Labute approximate surface area is 70.3 Å². The van der Waals surface area contributed by atoms with Crippen molar-refractivity contribution in [1.82, 2.24) is 4.90 Å². The van der Waals surface area contributed by atoms with E-state index in [1.165, 1.54) is 11.8 Å². The van der Waals surface area contributed by atoms with E-state index >= 15 is 0 Å². The average molecular weight is 181 g/mol. The average Bonchev–Trinajstić information content (AvgIpc) is 2.15. The maximum atomic E-state index is 10.8. The first-order chi connectivity index (χ1) is 4.25. The molecular formula is C5H9ClN2OS. The van der Waals surface area contributed by atoms with E-state index in [1.807, 2.05) is 0 Å². The van der Waals surface area contributed by atoms with Gasteiger partial charge in [0.2, 0.25) is 5.91 Å². The van der Waals surface area contributed by atoms with Gasteiger partial charge in [-0.1, -0.05) is 11.8 Å². The number of carbonyl (C=O) groups excluding carboxylic acids is 1. The van der Waals surface area contributed by atoms with Crippen LogP contribution in [0.3, 0.4) is 0 Å². The van der Waals surface area contributed by atoms with E-state index in [2.05, 4.69) is 4.99 Å². The molecular weight excluding hydrogens is 172 g/mol. The maximum Gasteiger partial charge on any atom is 0.238 e. The van der Waals surface area contributed by atoms with Crippen LogP contribution < -0.4 is 0 Å². The van der Waals surface area contributed by atoms with Gasteiger partial charge in [-0.2, -0.15) is 0 Å². The van der Waals surface area contributed by atoms with Gasteiger partial charge >= 0.3 is 0 Å². The van der Waals surface area contributed by atoms with Crippen molar-refractivity contribution >= 4 is 35.2 Å². The van der Waals surface area contributed by atoms with Gasteiger partial charge in [0.15, 0.2) is 5.17 Å². The van der Waals surface area contributed by atoms with Gasteiger partial charge in [-0.3, -0.25) is 14.7 Å². The predicted molar refractivity (Wildman–Crippen MR) is 45.8 cm³/mol. The Morgan fingerprint density at radius 1 is 1.70 bits per heavy atom. The smallest absolute Gasteiger partial charge is 0.238 e. The monoisotopic (exact) mass is 180 g/mol. The van der Waals surface area contributed by atoms with Crippen LogP contribution in [0, 0.1) is 0 Å². The van der Waals surface area contributed by atoms with Crippen molar-refractivity contribution < 1.29 is 4.79 Å². The number of hydrogen-bond donors (Lipinski definition) is 0. The molecule has 1 amide bonds. The highest BCUT2D eigenvalue weighted by Gasteiger charge is 2.22. The van der Waals surface area contributed by atoms with Gasteiger partial charge in [0.05, 0.1) is 5.75 Å². The summed E-state index contributed by atoms with van der Waals surface area (Å²) < 4.78 is 0. The predicted octanol–water partition coefficient (Wildman–Crippen LogP) is 0.599. The topological polar surface area (TPSA) is 32.7 Å². The number of aliphatic imine (C=N–C) groups is 1. The molecule has 3 nitrogen and oxygen atoms in total. The second kappa shape index (κ2) is 3.83. The van der Waals surface area contributed by atoms with Crippen LogP contribution in [-0.2, 0) is 4.79 Å². The Morgan fingerprint density at radius 2 is 2.30 bits per heavy atom. The molecule has 0 aromatic heterocycles. The zero-order chi connectivity index (χ0) is 6.85.